The molecule has 0 spiro atoms. The van der Waals surface area contributed by atoms with Crippen LogP contribution >= 0.6 is 0 Å². The predicted octanol–water partition coefficient (Wildman–Crippen LogP) is -1.69. The maximum absolute atomic E-state index is 8.41. The van der Waals surface area contributed by atoms with E-state index in [0.29, 0.717) is 11.4 Å². The summed E-state index contributed by atoms with van der Waals surface area (Å²) in [5.74, 6) is 0. The van der Waals surface area contributed by atoms with Gasteiger partial charge in [0.05, 0.1) is 5.56 Å². The fourth-order valence-electron chi connectivity index (χ4n) is 0.782. The third kappa shape index (κ3) is 4.18. The molecule has 0 saturated carbocycles. The maximum Gasteiger partial charge on any atom is 2.00 e. The van der Waals surface area contributed by atoms with E-state index in [0.717, 1.165) is 5.56 Å². The molecule has 0 bridgehead atoms. The second kappa shape index (κ2) is 6.79. The number of halogens is 1. The molecule has 0 radical (unpaired) electrons. The van der Waals surface area contributed by atoms with Crippen LogP contribution in [0.25, 0.3) is 5.53 Å². The zero-order valence-corrected chi connectivity index (χ0v) is 11.1. The first-order valence-corrected chi connectivity index (χ1v) is 3.28. The van der Waals surface area contributed by atoms with E-state index in [1.165, 1.54) is 0 Å². The van der Waals surface area contributed by atoms with Crippen molar-refractivity contribution in [2.75, 3.05) is 5.73 Å². The second-order valence-electron chi connectivity index (χ2n) is 2.31. The van der Waals surface area contributed by atoms with Gasteiger partial charge in [-0.3, -0.25) is 0 Å². The number of hydrogen-bond donors (Lipinski definition) is 1. The van der Waals surface area contributed by atoms with Gasteiger partial charge >= 0.3 is 19.5 Å². The van der Waals surface area contributed by atoms with E-state index in [4.69, 9.17) is 11.3 Å². The molecule has 0 fully saturated rings. The molecule has 0 saturated heterocycles. The molecular weight excluding hydrogens is 239 g/mol. The third-order valence-corrected chi connectivity index (χ3v) is 1.48. The Hall–Kier alpha value is -0.687. The molecular formula is C8H9ClN3Zn+. The van der Waals surface area contributed by atoms with Gasteiger partial charge in [0.25, 0.3) is 5.71 Å². The molecule has 2 N–H and O–H groups in total. The summed E-state index contributed by atoms with van der Waals surface area (Å²) in [7, 11) is 0. The van der Waals surface area contributed by atoms with Gasteiger partial charge in [-0.15, -0.1) is 0 Å². The summed E-state index contributed by atoms with van der Waals surface area (Å²) in [6.07, 6.45) is 0. The molecule has 13 heavy (non-hydrogen) atoms. The average molecular weight is 248 g/mol. The Bertz CT molecular complexity index is 304. The van der Waals surface area contributed by atoms with E-state index in [1.807, 2.05) is 12.1 Å². The molecule has 5 heteroatoms. The fourth-order valence-corrected chi connectivity index (χ4v) is 0.782. The van der Waals surface area contributed by atoms with Crippen molar-refractivity contribution in [2.24, 2.45) is 0 Å². The van der Waals surface area contributed by atoms with Gasteiger partial charge in [0.15, 0.2) is 0 Å². The van der Waals surface area contributed by atoms with Crippen molar-refractivity contribution in [3.63, 3.8) is 0 Å². The second-order valence-corrected chi connectivity index (χ2v) is 2.31. The van der Waals surface area contributed by atoms with Gasteiger partial charge in [-0.25, -0.2) is 0 Å². The Kier molecular flexibility index (Phi) is 7.74. The van der Waals surface area contributed by atoms with Crippen LogP contribution in [0.1, 0.15) is 12.5 Å². The van der Waals surface area contributed by atoms with Crippen LogP contribution in [-0.4, -0.2) is 10.5 Å². The van der Waals surface area contributed by atoms with Crippen LogP contribution in [0.5, 0.6) is 0 Å². The van der Waals surface area contributed by atoms with Gasteiger partial charge in [-0.05, 0) is 24.3 Å². The number of anilines is 1. The number of hydrogen-bond acceptors (Lipinski definition) is 1. The van der Waals surface area contributed by atoms with Crippen molar-refractivity contribution in [1.82, 2.24) is 0 Å². The monoisotopic (exact) mass is 246 g/mol. The summed E-state index contributed by atoms with van der Waals surface area (Å²) < 4.78 is 0. The van der Waals surface area contributed by atoms with Crippen molar-refractivity contribution in [3.05, 3.63) is 35.4 Å². The van der Waals surface area contributed by atoms with Crippen molar-refractivity contribution in [1.29, 1.82) is 0 Å². The number of nitrogens with two attached hydrogens (primary N) is 1. The first-order chi connectivity index (χ1) is 5.24. The average Bonchev–Trinajstić information content (AvgIpc) is 2.05. The van der Waals surface area contributed by atoms with Gasteiger partial charge < -0.3 is 23.7 Å². The van der Waals surface area contributed by atoms with E-state index in [1.54, 1.807) is 19.1 Å². The zero-order chi connectivity index (χ0) is 8.27. The van der Waals surface area contributed by atoms with Crippen LogP contribution in [0.4, 0.5) is 5.69 Å². The molecule has 1 rings (SSSR count). The molecule has 0 heterocycles. The molecule has 0 aliphatic carbocycles. The summed E-state index contributed by atoms with van der Waals surface area (Å²) in [6, 6.07) is 7.16. The van der Waals surface area contributed by atoms with Crippen molar-refractivity contribution in [3.8, 4) is 0 Å². The molecule has 0 amide bonds. The van der Waals surface area contributed by atoms with Crippen LogP contribution < -0.4 is 18.1 Å². The summed E-state index contributed by atoms with van der Waals surface area (Å²) in [5, 5.41) is 0. The Morgan fingerprint density at radius 1 is 1.31 bits per heavy atom. The maximum atomic E-state index is 8.41. The number of nitrogens with zero attached hydrogens (tertiary/aromatic N) is 2. The number of benzene rings is 1. The molecule has 1 aromatic carbocycles. The fraction of sp³-hybridized carbons (Fsp3) is 0.125. The van der Waals surface area contributed by atoms with Crippen LogP contribution in [0.15, 0.2) is 24.3 Å². The minimum Gasteiger partial charge on any atom is -1.00 e. The van der Waals surface area contributed by atoms with Crippen LogP contribution in [0.2, 0.25) is 0 Å². The quantitative estimate of drug-likeness (QED) is 0.208. The number of rotatable bonds is 1. The SMILES string of the molecule is CC(=[N+]=[N-])c1ccc(N)cc1.[Cl-].[Zn+2]. The molecule has 0 unspecified atom stereocenters. The van der Waals surface area contributed by atoms with Crippen molar-refractivity contribution in [2.45, 2.75) is 6.92 Å². The first-order valence-electron chi connectivity index (χ1n) is 3.28. The molecule has 0 aliphatic heterocycles. The Morgan fingerprint density at radius 3 is 2.15 bits per heavy atom. The molecule has 3 nitrogen and oxygen atoms in total. The Labute approximate surface area is 96.1 Å². The number of nitrogen functional groups attached to an aromatic ring is 1. The summed E-state index contributed by atoms with van der Waals surface area (Å²) in [5.41, 5.74) is 16.1. The molecule has 0 atom stereocenters. The third-order valence-electron chi connectivity index (χ3n) is 1.48. The first kappa shape index (κ1) is 14.8. The van der Waals surface area contributed by atoms with Crippen molar-refractivity contribution >= 4 is 11.4 Å². The standard InChI is InChI=1S/C8H9N3.ClH.Zn/c1-6(11-10)7-2-4-8(9)5-3-7;;/h2-5H,9H2,1H3;1H;/q;;+2/p-1. The van der Waals surface area contributed by atoms with Crippen molar-refractivity contribution < 1.29 is 36.7 Å². The van der Waals surface area contributed by atoms with Gasteiger partial charge in [0, 0.05) is 12.6 Å². The Balaban J connectivity index is 0. The molecule has 1 aromatic rings. The van der Waals surface area contributed by atoms with Crippen LogP contribution in [0, 0.1) is 0 Å². The van der Waals surface area contributed by atoms with E-state index in [2.05, 4.69) is 4.79 Å². The normalized spacial score (nSPS) is 7.46. The zero-order valence-electron chi connectivity index (χ0n) is 7.37. The van der Waals surface area contributed by atoms with Gasteiger partial charge in [-0.2, -0.15) is 4.79 Å². The topological polar surface area (TPSA) is 62.4 Å². The van der Waals surface area contributed by atoms with Gasteiger partial charge in [-0.1, -0.05) is 0 Å². The minimum absolute atomic E-state index is 0. The van der Waals surface area contributed by atoms with E-state index in [9.17, 15) is 0 Å². The van der Waals surface area contributed by atoms with E-state index in [-0.39, 0.29) is 31.9 Å². The Morgan fingerprint density at radius 2 is 1.77 bits per heavy atom. The summed E-state index contributed by atoms with van der Waals surface area (Å²) >= 11 is 0. The van der Waals surface area contributed by atoms with Gasteiger partial charge in [0.2, 0.25) is 0 Å². The summed E-state index contributed by atoms with van der Waals surface area (Å²) in [6.45, 7) is 1.73. The molecule has 0 aromatic heterocycles. The van der Waals surface area contributed by atoms with Crippen LogP contribution in [0.3, 0.4) is 0 Å². The minimum atomic E-state index is 0. The molecule has 64 valence electrons. The van der Waals surface area contributed by atoms with E-state index >= 15 is 0 Å². The largest absolute Gasteiger partial charge is 2.00 e. The smallest absolute Gasteiger partial charge is 1.00 e. The summed E-state index contributed by atoms with van der Waals surface area (Å²) in [4.78, 5) is 3.06. The van der Waals surface area contributed by atoms with E-state index < -0.39 is 0 Å². The van der Waals surface area contributed by atoms with Gasteiger partial charge in [0.1, 0.15) is 0 Å². The predicted molar refractivity (Wildman–Crippen MR) is 44.3 cm³/mol. The molecule has 0 aliphatic rings. The van der Waals surface area contributed by atoms with Crippen LogP contribution in [-0.2, 0) is 19.5 Å².